The molecule has 0 aliphatic heterocycles. The third-order valence-electron chi connectivity index (χ3n) is 4.62. The Morgan fingerprint density at radius 2 is 1.52 bits per heavy atom. The summed E-state index contributed by atoms with van der Waals surface area (Å²) in [5.41, 5.74) is 1.25. The number of carbonyl (C=O) groups excluding carboxylic acids is 2. The van der Waals surface area contributed by atoms with Crippen LogP contribution in [0.1, 0.15) is 19.8 Å². The van der Waals surface area contributed by atoms with Crippen molar-refractivity contribution in [2.75, 3.05) is 57.8 Å². The summed E-state index contributed by atoms with van der Waals surface area (Å²) in [6.07, 6.45) is 3.42. The maximum Gasteiger partial charge on any atom is 0.207 e. The van der Waals surface area contributed by atoms with Gasteiger partial charge in [0.2, 0.25) is 12.8 Å². The summed E-state index contributed by atoms with van der Waals surface area (Å²) in [6, 6.07) is 10.5. The summed E-state index contributed by atoms with van der Waals surface area (Å²) >= 11 is 0. The largest absolute Gasteiger partial charge is 0.366 e. The van der Waals surface area contributed by atoms with Crippen LogP contribution in [0, 0.1) is 0 Å². The second kappa shape index (κ2) is 12.3. The average molecular weight is 349 g/mol. The Kier molecular flexibility index (Phi) is 10.3. The maximum atomic E-state index is 10.4. The topological polar surface area (TPSA) is 61.4 Å². The number of nitrogens with one attached hydrogen (secondary N) is 2. The number of para-hydroxylation sites is 1. The minimum Gasteiger partial charge on any atom is -0.366 e. The minimum atomic E-state index is 0.708. The number of carbonyl (C=O) groups is 2. The molecule has 0 unspecified atom stereocenters. The highest BCUT2D eigenvalue weighted by Gasteiger charge is 2.22. The normalized spacial score (nSPS) is 11.0. The number of hydrogen-bond donors (Lipinski definition) is 2. The Hall–Kier alpha value is -2.08. The van der Waals surface area contributed by atoms with Crippen molar-refractivity contribution >= 4 is 18.5 Å². The Balaban J connectivity index is 2.59. The monoisotopic (exact) mass is 349 g/mol. The van der Waals surface area contributed by atoms with Crippen molar-refractivity contribution in [3.8, 4) is 0 Å². The van der Waals surface area contributed by atoms with Crippen molar-refractivity contribution in [3.05, 3.63) is 30.3 Å². The van der Waals surface area contributed by atoms with Gasteiger partial charge in [-0.2, -0.15) is 0 Å². The summed E-state index contributed by atoms with van der Waals surface area (Å²) in [5, 5.41) is 5.48. The third kappa shape index (κ3) is 8.54. The van der Waals surface area contributed by atoms with E-state index < -0.39 is 0 Å². The van der Waals surface area contributed by atoms with Crippen molar-refractivity contribution in [1.82, 2.24) is 10.6 Å². The highest BCUT2D eigenvalue weighted by atomic mass is 16.1. The van der Waals surface area contributed by atoms with Crippen LogP contribution in [0.25, 0.3) is 0 Å². The van der Waals surface area contributed by atoms with E-state index in [1.54, 1.807) is 0 Å². The summed E-state index contributed by atoms with van der Waals surface area (Å²) < 4.78 is 0.935. The van der Waals surface area contributed by atoms with Gasteiger partial charge in [-0.25, -0.2) is 0 Å². The van der Waals surface area contributed by atoms with E-state index in [9.17, 15) is 9.59 Å². The molecule has 1 aromatic rings. The van der Waals surface area contributed by atoms with Crippen molar-refractivity contribution in [2.45, 2.75) is 19.8 Å². The van der Waals surface area contributed by atoms with Crippen LogP contribution in [0.4, 0.5) is 5.69 Å². The Morgan fingerprint density at radius 3 is 2.00 bits per heavy atom. The van der Waals surface area contributed by atoms with Crippen LogP contribution in [0.3, 0.4) is 0 Å². The van der Waals surface area contributed by atoms with E-state index in [-0.39, 0.29) is 0 Å². The lowest BCUT2D eigenvalue weighted by Gasteiger charge is -2.37. The molecule has 1 rings (SSSR count). The molecule has 2 N–H and O–H groups in total. The van der Waals surface area contributed by atoms with Gasteiger partial charge in [-0.05, 0) is 19.1 Å². The second-order valence-corrected chi connectivity index (χ2v) is 6.56. The van der Waals surface area contributed by atoms with Gasteiger partial charge in [0, 0.05) is 38.2 Å². The average Bonchev–Trinajstić information content (AvgIpc) is 2.64. The van der Waals surface area contributed by atoms with E-state index >= 15 is 0 Å². The molecule has 0 spiro atoms. The lowest BCUT2D eigenvalue weighted by atomic mass is 10.2. The number of likely N-dealkylation sites (N-methyl/N-ethyl adjacent to an activating group) is 2. The Labute approximate surface area is 151 Å². The molecule has 140 valence electrons. The van der Waals surface area contributed by atoms with Gasteiger partial charge in [0.25, 0.3) is 0 Å². The van der Waals surface area contributed by atoms with E-state index in [1.807, 2.05) is 6.07 Å². The fourth-order valence-electron chi connectivity index (χ4n) is 3.05. The molecular weight excluding hydrogens is 316 g/mol. The lowest BCUT2D eigenvalue weighted by molar-refractivity contribution is -0.908. The highest BCUT2D eigenvalue weighted by Crippen LogP contribution is 2.14. The molecule has 0 aliphatic carbocycles. The van der Waals surface area contributed by atoms with E-state index in [4.69, 9.17) is 0 Å². The van der Waals surface area contributed by atoms with Gasteiger partial charge in [-0.1, -0.05) is 18.2 Å². The molecule has 0 atom stereocenters. The van der Waals surface area contributed by atoms with Crippen molar-refractivity contribution in [3.63, 3.8) is 0 Å². The number of quaternary nitrogens is 1. The predicted octanol–water partition coefficient (Wildman–Crippen LogP) is 1.23. The zero-order chi connectivity index (χ0) is 18.4. The molecule has 0 aromatic heterocycles. The first kappa shape index (κ1) is 21.0. The van der Waals surface area contributed by atoms with Crippen LogP contribution in [0.15, 0.2) is 30.3 Å². The van der Waals surface area contributed by atoms with Crippen LogP contribution in [-0.4, -0.2) is 70.2 Å². The van der Waals surface area contributed by atoms with Crippen LogP contribution < -0.4 is 15.5 Å². The van der Waals surface area contributed by atoms with Gasteiger partial charge in [-0.15, -0.1) is 0 Å². The third-order valence-corrected chi connectivity index (χ3v) is 4.62. The molecule has 25 heavy (non-hydrogen) atoms. The molecule has 6 heteroatoms. The summed E-state index contributed by atoms with van der Waals surface area (Å²) in [7, 11) is 2.26. The molecule has 0 bridgehead atoms. The maximum absolute atomic E-state index is 10.4. The first-order chi connectivity index (χ1) is 12.1. The van der Waals surface area contributed by atoms with E-state index in [0.29, 0.717) is 13.1 Å². The summed E-state index contributed by atoms with van der Waals surface area (Å²) in [6.45, 7) is 8.61. The van der Waals surface area contributed by atoms with E-state index in [2.05, 4.69) is 53.8 Å². The molecule has 1 aromatic carbocycles. The first-order valence-corrected chi connectivity index (χ1v) is 9.13. The number of nitrogens with zero attached hydrogens (tertiary/aromatic N) is 2. The molecule has 0 aliphatic rings. The predicted molar refractivity (Wildman–Crippen MR) is 102 cm³/mol. The number of benzene rings is 1. The Morgan fingerprint density at radius 1 is 0.960 bits per heavy atom. The molecule has 0 saturated carbocycles. The van der Waals surface area contributed by atoms with Gasteiger partial charge in [0.1, 0.15) is 0 Å². The zero-order valence-electron chi connectivity index (χ0n) is 15.6. The van der Waals surface area contributed by atoms with Gasteiger partial charge in [0.15, 0.2) is 0 Å². The van der Waals surface area contributed by atoms with Crippen molar-refractivity contribution < 1.29 is 14.1 Å². The summed E-state index contributed by atoms with van der Waals surface area (Å²) in [5.74, 6) is 0. The van der Waals surface area contributed by atoms with Gasteiger partial charge >= 0.3 is 0 Å². The fraction of sp³-hybridized carbons (Fsp3) is 0.579. The number of rotatable bonds is 15. The van der Waals surface area contributed by atoms with Crippen molar-refractivity contribution in [1.29, 1.82) is 0 Å². The molecule has 0 fully saturated rings. The standard InChI is InChI=1S/C19H32N4O2/c1-3-22(19-9-5-4-6-10-19)13-16-23(2,14-7-11-20-17-24)15-8-12-21-18-25/h4-6,9-10,17-18H,3,7-8,11-16H2,1-2H3,(H-,20,21,24,25)/p+1. The van der Waals surface area contributed by atoms with E-state index in [0.717, 1.165) is 62.9 Å². The van der Waals surface area contributed by atoms with Crippen molar-refractivity contribution in [2.24, 2.45) is 0 Å². The lowest BCUT2D eigenvalue weighted by Crippen LogP contribution is -2.51. The van der Waals surface area contributed by atoms with Gasteiger partial charge in [0.05, 0.1) is 33.2 Å². The van der Waals surface area contributed by atoms with Crippen LogP contribution in [-0.2, 0) is 9.59 Å². The molecular formula is C19H33N4O2+. The van der Waals surface area contributed by atoms with Gasteiger partial charge in [-0.3, -0.25) is 9.59 Å². The number of amides is 2. The SMILES string of the molecule is CCN(CC[N+](C)(CCCNC=O)CCCNC=O)c1ccccc1. The van der Waals surface area contributed by atoms with Crippen LogP contribution in [0.5, 0.6) is 0 Å². The second-order valence-electron chi connectivity index (χ2n) is 6.56. The molecule has 0 heterocycles. The smallest absolute Gasteiger partial charge is 0.207 e. The zero-order valence-corrected chi connectivity index (χ0v) is 15.6. The molecule has 6 nitrogen and oxygen atoms in total. The van der Waals surface area contributed by atoms with Crippen LogP contribution >= 0.6 is 0 Å². The molecule has 2 amide bonds. The number of anilines is 1. The highest BCUT2D eigenvalue weighted by molar-refractivity contribution is 5.46. The molecule has 0 radical (unpaired) electrons. The van der Waals surface area contributed by atoms with E-state index in [1.165, 1.54) is 5.69 Å². The van der Waals surface area contributed by atoms with Gasteiger partial charge < -0.3 is 20.0 Å². The summed E-state index contributed by atoms with van der Waals surface area (Å²) in [4.78, 5) is 23.2. The van der Waals surface area contributed by atoms with Crippen LogP contribution in [0.2, 0.25) is 0 Å². The molecule has 0 saturated heterocycles. The fourth-order valence-corrected chi connectivity index (χ4v) is 3.05. The first-order valence-electron chi connectivity index (χ1n) is 9.13. The number of hydrogen-bond acceptors (Lipinski definition) is 3. The minimum absolute atomic E-state index is 0.708. The Bertz CT molecular complexity index is 466. The quantitative estimate of drug-likeness (QED) is 0.284.